The van der Waals surface area contributed by atoms with Crippen molar-refractivity contribution in [2.24, 2.45) is 5.73 Å². The molecule has 2 rings (SSSR count). The molecule has 1 amide bonds. The topological polar surface area (TPSA) is 73.8 Å². The number of amides is 1. The van der Waals surface area contributed by atoms with Crippen LogP contribution in [0.2, 0.25) is 0 Å². The Morgan fingerprint density at radius 3 is 2.79 bits per heavy atom. The molecule has 0 atom stereocenters. The zero-order valence-corrected chi connectivity index (χ0v) is 12.7. The van der Waals surface area contributed by atoms with Crippen molar-refractivity contribution in [2.75, 3.05) is 5.75 Å². The summed E-state index contributed by atoms with van der Waals surface area (Å²) in [4.78, 5) is 10.8. The van der Waals surface area contributed by atoms with Crippen LogP contribution in [0.15, 0.2) is 33.9 Å². The molecule has 0 aliphatic rings. The highest BCUT2D eigenvalue weighted by Gasteiger charge is 2.15. The average molecular weight is 341 g/mol. The van der Waals surface area contributed by atoms with Crippen LogP contribution >= 0.6 is 27.7 Å². The van der Waals surface area contributed by atoms with Gasteiger partial charge in [-0.1, -0.05) is 45.9 Å². The van der Waals surface area contributed by atoms with E-state index < -0.39 is 0 Å². The summed E-state index contributed by atoms with van der Waals surface area (Å²) in [5.74, 6) is 0.619. The minimum absolute atomic E-state index is 0.202. The minimum atomic E-state index is -0.363. The molecule has 0 radical (unpaired) electrons. The largest absolute Gasteiger partial charge is 0.369 e. The maximum absolute atomic E-state index is 10.8. The lowest BCUT2D eigenvalue weighted by Crippen LogP contribution is -2.13. The number of primary amides is 1. The quantitative estimate of drug-likeness (QED) is 0.847. The number of nitrogens with zero attached hydrogens (tertiary/aromatic N) is 3. The van der Waals surface area contributed by atoms with Gasteiger partial charge >= 0.3 is 0 Å². The summed E-state index contributed by atoms with van der Waals surface area (Å²) in [6.45, 7) is 2.74. The summed E-state index contributed by atoms with van der Waals surface area (Å²) in [6, 6.07) is 7.83. The molecule has 19 heavy (non-hydrogen) atoms. The third-order valence-corrected chi connectivity index (χ3v) is 4.17. The van der Waals surface area contributed by atoms with Crippen LogP contribution in [0.25, 0.3) is 11.4 Å². The number of rotatable bonds is 5. The maximum Gasteiger partial charge on any atom is 0.227 e. The molecule has 0 fully saturated rings. The summed E-state index contributed by atoms with van der Waals surface area (Å²) < 4.78 is 2.93. The SMILES string of the molecule is CCn1c(SCC(N)=O)nnc1-c1ccccc1Br. The second-order valence-corrected chi connectivity index (χ2v) is 5.58. The van der Waals surface area contributed by atoms with Gasteiger partial charge in [0, 0.05) is 16.6 Å². The van der Waals surface area contributed by atoms with E-state index in [0.29, 0.717) is 5.16 Å². The molecular weight excluding hydrogens is 328 g/mol. The average Bonchev–Trinajstić information content (AvgIpc) is 2.79. The van der Waals surface area contributed by atoms with Gasteiger partial charge in [-0.3, -0.25) is 4.79 Å². The van der Waals surface area contributed by atoms with E-state index in [2.05, 4.69) is 26.1 Å². The van der Waals surface area contributed by atoms with Crippen LogP contribution in [0, 0.1) is 0 Å². The molecule has 1 aromatic carbocycles. The van der Waals surface area contributed by atoms with Gasteiger partial charge in [-0.2, -0.15) is 0 Å². The van der Waals surface area contributed by atoms with Gasteiger partial charge in [-0.15, -0.1) is 10.2 Å². The minimum Gasteiger partial charge on any atom is -0.369 e. The van der Waals surface area contributed by atoms with Gasteiger partial charge in [-0.05, 0) is 13.0 Å². The number of hydrogen-bond donors (Lipinski definition) is 1. The third kappa shape index (κ3) is 3.16. The summed E-state index contributed by atoms with van der Waals surface area (Å²) in [6.07, 6.45) is 0. The van der Waals surface area contributed by atoms with Crippen LogP contribution < -0.4 is 5.73 Å². The zero-order valence-electron chi connectivity index (χ0n) is 10.3. The molecule has 0 aliphatic carbocycles. The highest BCUT2D eigenvalue weighted by molar-refractivity contribution is 9.10. The highest BCUT2D eigenvalue weighted by Crippen LogP contribution is 2.29. The molecule has 0 spiro atoms. The lowest BCUT2D eigenvalue weighted by molar-refractivity contribution is -0.115. The number of carbonyl (C=O) groups excluding carboxylic acids is 1. The molecule has 0 bridgehead atoms. The van der Waals surface area contributed by atoms with Crippen molar-refractivity contribution in [1.29, 1.82) is 0 Å². The van der Waals surface area contributed by atoms with Crippen LogP contribution in [0.1, 0.15) is 6.92 Å². The Hall–Kier alpha value is -1.34. The van der Waals surface area contributed by atoms with Crippen molar-refractivity contribution in [1.82, 2.24) is 14.8 Å². The van der Waals surface area contributed by atoms with Crippen molar-refractivity contribution >= 4 is 33.6 Å². The zero-order chi connectivity index (χ0) is 13.8. The molecule has 5 nitrogen and oxygen atoms in total. The molecule has 0 aliphatic heterocycles. The Bertz CT molecular complexity index is 599. The normalized spacial score (nSPS) is 10.6. The standard InChI is InChI=1S/C12H13BrN4OS/c1-2-17-11(8-5-3-4-6-9(8)13)15-16-12(17)19-7-10(14)18/h3-6H,2,7H2,1H3,(H2,14,18). The molecule has 1 aromatic heterocycles. The molecule has 7 heteroatoms. The van der Waals surface area contributed by atoms with Gasteiger partial charge in [-0.25, -0.2) is 0 Å². The fraction of sp³-hybridized carbons (Fsp3) is 0.250. The van der Waals surface area contributed by atoms with Gasteiger partial charge in [0.2, 0.25) is 5.91 Å². The first-order valence-electron chi connectivity index (χ1n) is 5.72. The highest BCUT2D eigenvalue weighted by atomic mass is 79.9. The van der Waals surface area contributed by atoms with Gasteiger partial charge in [0.1, 0.15) is 0 Å². The van der Waals surface area contributed by atoms with Crippen LogP contribution in [0.4, 0.5) is 0 Å². The van der Waals surface area contributed by atoms with Crippen molar-refractivity contribution in [3.05, 3.63) is 28.7 Å². The fourth-order valence-electron chi connectivity index (χ4n) is 1.66. The Morgan fingerprint density at radius 1 is 1.42 bits per heavy atom. The van der Waals surface area contributed by atoms with E-state index in [-0.39, 0.29) is 11.7 Å². The smallest absolute Gasteiger partial charge is 0.227 e. The molecular formula is C12H13BrN4OS. The Kier molecular flexibility index (Phi) is 4.60. The fourth-order valence-corrected chi connectivity index (χ4v) is 2.86. The van der Waals surface area contributed by atoms with Gasteiger partial charge in [0.05, 0.1) is 5.75 Å². The summed E-state index contributed by atoms with van der Waals surface area (Å²) in [5.41, 5.74) is 6.12. The van der Waals surface area contributed by atoms with Crippen molar-refractivity contribution in [3.63, 3.8) is 0 Å². The number of benzene rings is 1. The molecule has 2 N–H and O–H groups in total. The number of hydrogen-bond acceptors (Lipinski definition) is 4. The Morgan fingerprint density at radius 2 is 2.16 bits per heavy atom. The van der Waals surface area contributed by atoms with Crippen LogP contribution in [-0.4, -0.2) is 26.4 Å². The Labute approximate surface area is 123 Å². The third-order valence-electron chi connectivity index (χ3n) is 2.49. The van der Waals surface area contributed by atoms with Crippen molar-refractivity contribution < 1.29 is 4.79 Å². The van der Waals surface area contributed by atoms with Crippen molar-refractivity contribution in [3.8, 4) is 11.4 Å². The lowest BCUT2D eigenvalue weighted by atomic mass is 10.2. The molecule has 0 saturated heterocycles. The van der Waals surface area contributed by atoms with Crippen LogP contribution in [0.3, 0.4) is 0 Å². The lowest BCUT2D eigenvalue weighted by Gasteiger charge is -2.07. The van der Waals surface area contributed by atoms with Crippen LogP contribution in [-0.2, 0) is 11.3 Å². The van der Waals surface area contributed by atoms with E-state index in [0.717, 1.165) is 22.4 Å². The summed E-state index contributed by atoms with van der Waals surface area (Å²) in [5, 5.41) is 9.03. The van der Waals surface area contributed by atoms with Gasteiger partial charge < -0.3 is 10.3 Å². The second kappa shape index (κ2) is 6.21. The predicted molar refractivity (Wildman–Crippen MR) is 78.8 cm³/mol. The number of nitrogens with two attached hydrogens (primary N) is 1. The number of halogens is 1. The first-order chi connectivity index (χ1) is 9.13. The molecule has 2 aromatic rings. The molecule has 100 valence electrons. The van der Waals surface area contributed by atoms with Gasteiger partial charge in [0.15, 0.2) is 11.0 Å². The maximum atomic E-state index is 10.8. The molecule has 0 saturated carbocycles. The van der Waals surface area contributed by atoms with Crippen LogP contribution in [0.5, 0.6) is 0 Å². The molecule has 0 unspecified atom stereocenters. The Balaban J connectivity index is 2.37. The number of thioether (sulfide) groups is 1. The monoisotopic (exact) mass is 340 g/mol. The van der Waals surface area contributed by atoms with E-state index in [1.807, 2.05) is 35.8 Å². The van der Waals surface area contributed by atoms with Gasteiger partial charge in [0.25, 0.3) is 0 Å². The van der Waals surface area contributed by atoms with Crippen molar-refractivity contribution in [2.45, 2.75) is 18.6 Å². The predicted octanol–water partition coefficient (Wildman–Crippen LogP) is 2.30. The number of aromatic nitrogens is 3. The van der Waals surface area contributed by atoms with E-state index in [1.165, 1.54) is 11.8 Å². The molecule has 1 heterocycles. The summed E-state index contributed by atoms with van der Waals surface area (Å²) >= 11 is 4.81. The first kappa shape index (κ1) is 14.1. The second-order valence-electron chi connectivity index (χ2n) is 3.79. The summed E-state index contributed by atoms with van der Waals surface area (Å²) in [7, 11) is 0. The van der Waals surface area contributed by atoms with E-state index in [4.69, 9.17) is 5.73 Å². The van der Waals surface area contributed by atoms with E-state index in [9.17, 15) is 4.79 Å². The first-order valence-corrected chi connectivity index (χ1v) is 7.50. The van der Waals surface area contributed by atoms with E-state index in [1.54, 1.807) is 0 Å². The van der Waals surface area contributed by atoms with E-state index >= 15 is 0 Å². The number of carbonyl (C=O) groups is 1.